The molecule has 1 N–H and O–H groups in total. The van der Waals surface area contributed by atoms with Crippen LogP contribution in [0, 0.1) is 24.7 Å². The van der Waals surface area contributed by atoms with Gasteiger partial charge in [0, 0.05) is 23.9 Å². The molecule has 2 amide bonds. The van der Waals surface area contributed by atoms with E-state index in [2.05, 4.69) is 5.32 Å². The Balaban J connectivity index is 1.72. The number of hydrogen-bond donors (Lipinski definition) is 1. The monoisotopic (exact) mass is 500 g/mol. The lowest BCUT2D eigenvalue weighted by Gasteiger charge is -2.32. The SMILES string of the molecule is CCOC1=C2[C@@H](CN(S(=O)(=O)c3ccccc3C)[C@H]2c2ccc(Cl)cc2)[C@H]2C(=O)NC(=O)[C@H]2C1. The number of amides is 2. The van der Waals surface area contributed by atoms with Crippen LogP contribution in [0.2, 0.25) is 5.02 Å². The molecule has 0 spiro atoms. The molecule has 0 unspecified atom stereocenters. The molecule has 1 aliphatic carbocycles. The zero-order valence-corrected chi connectivity index (χ0v) is 20.4. The highest BCUT2D eigenvalue weighted by Crippen LogP contribution is 2.54. The van der Waals surface area contributed by atoms with Gasteiger partial charge in [-0.05, 0) is 48.7 Å². The number of halogens is 1. The Hall–Kier alpha value is -2.68. The first-order valence-electron chi connectivity index (χ1n) is 11.3. The fraction of sp³-hybridized carbons (Fsp3) is 0.360. The number of imide groups is 1. The smallest absolute Gasteiger partial charge is 0.244 e. The summed E-state index contributed by atoms with van der Waals surface area (Å²) in [7, 11) is -3.94. The average Bonchev–Trinajstić information content (AvgIpc) is 3.33. The van der Waals surface area contributed by atoms with E-state index in [1.807, 2.05) is 6.92 Å². The molecule has 2 aromatic carbocycles. The van der Waals surface area contributed by atoms with E-state index in [0.717, 1.165) is 11.1 Å². The highest BCUT2D eigenvalue weighted by molar-refractivity contribution is 7.89. The molecule has 34 heavy (non-hydrogen) atoms. The van der Waals surface area contributed by atoms with Crippen LogP contribution >= 0.6 is 11.6 Å². The van der Waals surface area contributed by atoms with E-state index in [1.54, 1.807) is 55.5 Å². The standard InChI is InChI=1S/C25H25ClN2O5S/c1-3-33-19-12-17-21(25(30)27-24(17)29)18-13-28(34(31,32)20-7-5-4-6-14(20)2)23(22(18)19)15-8-10-16(26)11-9-15/h4-11,17-18,21,23H,3,12-13H2,1-2H3,(H,27,29,30)/t17-,18-,21-,23-/m0/s1. The molecule has 0 radical (unpaired) electrons. The lowest BCUT2D eigenvalue weighted by Crippen LogP contribution is -2.35. The van der Waals surface area contributed by atoms with Gasteiger partial charge in [0.25, 0.3) is 0 Å². The number of aryl methyl sites for hydroxylation is 1. The molecule has 0 aromatic heterocycles. The second kappa shape index (κ2) is 8.52. The Kier molecular flexibility index (Phi) is 5.78. The summed E-state index contributed by atoms with van der Waals surface area (Å²) in [6.45, 7) is 4.06. The van der Waals surface area contributed by atoms with Crippen molar-refractivity contribution in [2.24, 2.45) is 17.8 Å². The molecule has 2 heterocycles. The van der Waals surface area contributed by atoms with E-state index in [9.17, 15) is 18.0 Å². The lowest BCUT2D eigenvalue weighted by molar-refractivity contribution is -0.126. The van der Waals surface area contributed by atoms with Gasteiger partial charge in [-0.2, -0.15) is 4.31 Å². The predicted molar refractivity (Wildman–Crippen MR) is 126 cm³/mol. The van der Waals surface area contributed by atoms with Crippen molar-refractivity contribution in [2.45, 2.75) is 31.2 Å². The second-order valence-corrected chi connectivity index (χ2v) is 11.2. The number of ether oxygens (including phenoxy) is 1. The second-order valence-electron chi connectivity index (χ2n) is 8.90. The van der Waals surface area contributed by atoms with Crippen LogP contribution in [0.5, 0.6) is 0 Å². The molecule has 0 saturated carbocycles. The van der Waals surface area contributed by atoms with Gasteiger partial charge in [-0.3, -0.25) is 14.9 Å². The first-order chi connectivity index (χ1) is 16.2. The van der Waals surface area contributed by atoms with Crippen LogP contribution in [0.3, 0.4) is 0 Å². The van der Waals surface area contributed by atoms with Gasteiger partial charge in [0.2, 0.25) is 21.8 Å². The predicted octanol–water partition coefficient (Wildman–Crippen LogP) is 3.59. The summed E-state index contributed by atoms with van der Waals surface area (Å²) < 4.78 is 35.5. The summed E-state index contributed by atoms with van der Waals surface area (Å²) >= 11 is 6.13. The fourth-order valence-electron chi connectivity index (χ4n) is 5.58. The molecule has 3 aliphatic rings. The maximum Gasteiger partial charge on any atom is 0.244 e. The number of nitrogens with zero attached hydrogens (tertiary/aromatic N) is 1. The zero-order valence-electron chi connectivity index (χ0n) is 18.8. The van der Waals surface area contributed by atoms with Crippen molar-refractivity contribution in [2.75, 3.05) is 13.2 Å². The van der Waals surface area contributed by atoms with Gasteiger partial charge in [-0.25, -0.2) is 8.42 Å². The summed E-state index contributed by atoms with van der Waals surface area (Å²) in [5.41, 5.74) is 2.13. The van der Waals surface area contributed by atoms with Crippen LogP contribution in [0.1, 0.15) is 30.5 Å². The minimum absolute atomic E-state index is 0.0811. The van der Waals surface area contributed by atoms with Crippen molar-refractivity contribution < 1.29 is 22.7 Å². The van der Waals surface area contributed by atoms with E-state index in [1.165, 1.54) is 4.31 Å². The minimum Gasteiger partial charge on any atom is -0.498 e. The molecule has 2 fully saturated rings. The average molecular weight is 501 g/mol. The van der Waals surface area contributed by atoms with Gasteiger partial charge < -0.3 is 4.74 Å². The summed E-state index contributed by atoms with van der Waals surface area (Å²) in [4.78, 5) is 25.6. The normalized spacial score (nSPS) is 26.9. The zero-order chi connectivity index (χ0) is 24.2. The molecule has 5 rings (SSSR count). The van der Waals surface area contributed by atoms with Crippen LogP contribution in [-0.4, -0.2) is 37.7 Å². The number of carbonyl (C=O) groups is 2. The van der Waals surface area contributed by atoms with E-state index in [-0.39, 0.29) is 29.7 Å². The van der Waals surface area contributed by atoms with Crippen molar-refractivity contribution in [3.8, 4) is 0 Å². The Morgan fingerprint density at radius 1 is 1.06 bits per heavy atom. The van der Waals surface area contributed by atoms with E-state index in [4.69, 9.17) is 16.3 Å². The maximum atomic E-state index is 14.0. The van der Waals surface area contributed by atoms with Crippen LogP contribution < -0.4 is 5.32 Å². The number of fused-ring (bicyclic) bond motifs is 3. The molecule has 0 bridgehead atoms. The fourth-order valence-corrected chi connectivity index (χ4v) is 7.56. The van der Waals surface area contributed by atoms with Gasteiger partial charge in [-0.1, -0.05) is 41.9 Å². The van der Waals surface area contributed by atoms with Crippen LogP contribution in [0.4, 0.5) is 0 Å². The summed E-state index contributed by atoms with van der Waals surface area (Å²) in [5.74, 6) is -1.73. The summed E-state index contributed by atoms with van der Waals surface area (Å²) in [5, 5.41) is 2.98. The quantitative estimate of drug-likeness (QED) is 0.633. The molecular weight excluding hydrogens is 476 g/mol. The molecule has 2 saturated heterocycles. The molecular formula is C25H25ClN2O5S. The number of hydrogen-bond acceptors (Lipinski definition) is 5. The van der Waals surface area contributed by atoms with Gasteiger partial charge in [-0.15, -0.1) is 0 Å². The molecule has 2 aromatic rings. The largest absolute Gasteiger partial charge is 0.498 e. The minimum atomic E-state index is -3.94. The lowest BCUT2D eigenvalue weighted by atomic mass is 9.71. The third kappa shape index (κ3) is 3.56. The van der Waals surface area contributed by atoms with Crippen LogP contribution in [0.15, 0.2) is 64.8 Å². The van der Waals surface area contributed by atoms with Crippen molar-refractivity contribution >= 4 is 33.4 Å². The molecule has 7 nitrogen and oxygen atoms in total. The number of sulfonamides is 1. The Morgan fingerprint density at radius 2 is 1.76 bits per heavy atom. The number of allylic oxidation sites excluding steroid dienone is 1. The third-order valence-corrected chi connectivity index (χ3v) is 9.27. The number of nitrogens with one attached hydrogen (secondary N) is 1. The summed E-state index contributed by atoms with van der Waals surface area (Å²) in [6.07, 6.45) is 0.268. The first-order valence-corrected chi connectivity index (χ1v) is 13.1. The Morgan fingerprint density at radius 3 is 2.44 bits per heavy atom. The van der Waals surface area contributed by atoms with Crippen molar-refractivity contribution in [3.63, 3.8) is 0 Å². The molecule has 178 valence electrons. The van der Waals surface area contributed by atoms with Crippen LogP contribution in [-0.2, 0) is 24.3 Å². The van der Waals surface area contributed by atoms with E-state index in [0.29, 0.717) is 23.0 Å². The van der Waals surface area contributed by atoms with Crippen LogP contribution in [0.25, 0.3) is 0 Å². The first kappa shape index (κ1) is 23.1. The third-order valence-electron chi connectivity index (χ3n) is 7.02. The van der Waals surface area contributed by atoms with E-state index >= 15 is 0 Å². The van der Waals surface area contributed by atoms with Gasteiger partial charge >= 0.3 is 0 Å². The topological polar surface area (TPSA) is 92.8 Å². The molecule has 4 atom stereocenters. The van der Waals surface area contributed by atoms with Crippen molar-refractivity contribution in [1.29, 1.82) is 0 Å². The van der Waals surface area contributed by atoms with E-state index < -0.39 is 33.8 Å². The number of carbonyl (C=O) groups excluding carboxylic acids is 2. The van der Waals surface area contributed by atoms with Crippen molar-refractivity contribution in [1.82, 2.24) is 9.62 Å². The van der Waals surface area contributed by atoms with Gasteiger partial charge in [0.15, 0.2) is 0 Å². The summed E-state index contributed by atoms with van der Waals surface area (Å²) in [6, 6.07) is 13.2. The van der Waals surface area contributed by atoms with Gasteiger partial charge in [0.05, 0.1) is 35.1 Å². The van der Waals surface area contributed by atoms with Crippen molar-refractivity contribution in [3.05, 3.63) is 76.0 Å². The molecule has 9 heteroatoms. The molecule has 2 aliphatic heterocycles. The highest BCUT2D eigenvalue weighted by Gasteiger charge is 2.58. The highest BCUT2D eigenvalue weighted by atomic mass is 35.5. The Bertz CT molecular complexity index is 1300. The Labute approximate surface area is 203 Å². The van der Waals surface area contributed by atoms with Gasteiger partial charge in [0.1, 0.15) is 0 Å². The number of benzene rings is 2. The number of rotatable bonds is 5. The maximum absolute atomic E-state index is 14.0.